The predicted molar refractivity (Wildman–Crippen MR) is 102 cm³/mol. The molecule has 0 saturated heterocycles. The van der Waals surface area contributed by atoms with Crippen LogP contribution in [0.25, 0.3) is 0 Å². The lowest BCUT2D eigenvalue weighted by molar-refractivity contribution is -0.122. The van der Waals surface area contributed by atoms with Crippen LogP contribution < -0.4 is 16.0 Å². The second-order valence-electron chi connectivity index (χ2n) is 6.05. The van der Waals surface area contributed by atoms with Crippen molar-refractivity contribution in [2.24, 2.45) is 0 Å². The first-order valence-corrected chi connectivity index (χ1v) is 8.48. The maximum atomic E-state index is 13.7. The van der Waals surface area contributed by atoms with Gasteiger partial charge in [-0.15, -0.1) is 0 Å². The maximum Gasteiger partial charge on any atom is 0.243 e. The highest BCUT2D eigenvalue weighted by molar-refractivity contribution is 6.31. The fourth-order valence-electron chi connectivity index (χ4n) is 2.62. The Bertz CT molecular complexity index is 817. The van der Waals surface area contributed by atoms with E-state index < -0.39 is 11.7 Å². The third kappa shape index (κ3) is 5.20. The van der Waals surface area contributed by atoms with E-state index >= 15 is 0 Å². The first-order valence-electron chi connectivity index (χ1n) is 8.10. The van der Waals surface area contributed by atoms with Gasteiger partial charge in [-0.1, -0.05) is 35.4 Å². The molecule has 0 atom stereocenters. The van der Waals surface area contributed by atoms with E-state index in [0.717, 1.165) is 22.4 Å². The summed E-state index contributed by atoms with van der Waals surface area (Å²) in [6, 6.07) is 8.42. The first-order chi connectivity index (χ1) is 12.3. The van der Waals surface area contributed by atoms with Crippen molar-refractivity contribution in [3.63, 3.8) is 0 Å². The highest BCUT2D eigenvalue weighted by Gasteiger charge is 2.11. The van der Waals surface area contributed by atoms with E-state index in [-0.39, 0.29) is 29.7 Å². The van der Waals surface area contributed by atoms with Gasteiger partial charge in [0, 0.05) is 5.69 Å². The number of nitrogens with one attached hydrogen (secondary N) is 3. The van der Waals surface area contributed by atoms with E-state index in [1.807, 2.05) is 32.9 Å². The summed E-state index contributed by atoms with van der Waals surface area (Å²) >= 11 is 5.68. The number of benzene rings is 2. The predicted octanol–water partition coefficient (Wildman–Crippen LogP) is 3.57. The topological polar surface area (TPSA) is 70.2 Å². The highest BCUT2D eigenvalue weighted by Crippen LogP contribution is 2.22. The minimum atomic E-state index is -0.620. The van der Waals surface area contributed by atoms with Crippen molar-refractivity contribution in [1.29, 1.82) is 0 Å². The van der Waals surface area contributed by atoms with Gasteiger partial charge in [0.25, 0.3) is 0 Å². The molecule has 0 saturated carbocycles. The molecule has 26 heavy (non-hydrogen) atoms. The molecule has 138 valence electrons. The van der Waals surface area contributed by atoms with Crippen molar-refractivity contribution in [2.75, 3.05) is 23.7 Å². The summed E-state index contributed by atoms with van der Waals surface area (Å²) in [4.78, 5) is 23.9. The molecular formula is C19H21ClFN3O2. The van der Waals surface area contributed by atoms with Crippen LogP contribution >= 0.6 is 11.6 Å². The molecule has 0 fully saturated rings. The average molecular weight is 378 g/mol. The number of carbonyl (C=O) groups excluding carboxylic acids is 2. The van der Waals surface area contributed by atoms with E-state index in [1.165, 1.54) is 12.1 Å². The summed E-state index contributed by atoms with van der Waals surface area (Å²) < 4.78 is 13.7. The zero-order valence-electron chi connectivity index (χ0n) is 14.9. The Balaban J connectivity index is 1.84. The molecule has 0 heterocycles. The van der Waals surface area contributed by atoms with Crippen molar-refractivity contribution in [2.45, 2.75) is 20.8 Å². The fraction of sp³-hybridized carbons (Fsp3) is 0.263. The van der Waals surface area contributed by atoms with Gasteiger partial charge in [0.05, 0.1) is 23.8 Å². The standard InChI is InChI=1S/C19H21ClFN3O2/c1-11-7-12(2)19(13(3)8-11)24-17(26)10-23-16(25)9-22-15-6-4-5-14(20)18(15)21/h4-8,22H,9-10H2,1-3H3,(H,23,25)(H,24,26). The number of hydrogen-bond donors (Lipinski definition) is 3. The molecule has 5 nitrogen and oxygen atoms in total. The third-order valence-electron chi connectivity index (χ3n) is 3.78. The Morgan fingerprint density at radius 2 is 1.69 bits per heavy atom. The van der Waals surface area contributed by atoms with Crippen LogP contribution in [-0.4, -0.2) is 24.9 Å². The molecule has 3 N–H and O–H groups in total. The van der Waals surface area contributed by atoms with Crippen LogP contribution in [0.3, 0.4) is 0 Å². The van der Waals surface area contributed by atoms with Gasteiger partial charge < -0.3 is 16.0 Å². The van der Waals surface area contributed by atoms with Crippen molar-refractivity contribution >= 4 is 34.8 Å². The lowest BCUT2D eigenvalue weighted by Crippen LogP contribution is -2.36. The zero-order valence-corrected chi connectivity index (χ0v) is 15.6. The second kappa shape index (κ2) is 8.67. The third-order valence-corrected chi connectivity index (χ3v) is 4.07. The summed E-state index contributed by atoms with van der Waals surface area (Å²) in [5, 5.41) is 7.91. The molecule has 0 radical (unpaired) electrons. The molecule has 0 aromatic heterocycles. The van der Waals surface area contributed by atoms with Crippen molar-refractivity contribution in [1.82, 2.24) is 5.32 Å². The van der Waals surface area contributed by atoms with Crippen LogP contribution in [0.4, 0.5) is 15.8 Å². The van der Waals surface area contributed by atoms with Gasteiger partial charge in [-0.2, -0.15) is 0 Å². The number of amides is 2. The maximum absolute atomic E-state index is 13.7. The van der Waals surface area contributed by atoms with Crippen molar-refractivity contribution in [3.05, 3.63) is 57.9 Å². The van der Waals surface area contributed by atoms with Gasteiger partial charge in [-0.25, -0.2) is 4.39 Å². The molecular weight excluding hydrogens is 357 g/mol. The van der Waals surface area contributed by atoms with Gasteiger partial charge in [-0.05, 0) is 44.0 Å². The van der Waals surface area contributed by atoms with Crippen LogP contribution in [0.1, 0.15) is 16.7 Å². The Kier molecular flexibility index (Phi) is 6.58. The minimum absolute atomic E-state index is 0.0291. The monoisotopic (exact) mass is 377 g/mol. The van der Waals surface area contributed by atoms with E-state index in [1.54, 1.807) is 6.07 Å². The van der Waals surface area contributed by atoms with Gasteiger partial charge >= 0.3 is 0 Å². The molecule has 2 aromatic rings. The quantitative estimate of drug-likeness (QED) is 0.720. The average Bonchev–Trinajstić information content (AvgIpc) is 2.57. The number of carbonyl (C=O) groups is 2. The lowest BCUT2D eigenvalue weighted by Gasteiger charge is -2.13. The van der Waals surface area contributed by atoms with Gasteiger partial charge in [-0.3, -0.25) is 9.59 Å². The van der Waals surface area contributed by atoms with Crippen LogP contribution in [-0.2, 0) is 9.59 Å². The Labute approximate surface area is 156 Å². The second-order valence-corrected chi connectivity index (χ2v) is 6.46. The molecule has 0 unspecified atom stereocenters. The molecule has 0 spiro atoms. The molecule has 0 bridgehead atoms. The Hall–Kier alpha value is -2.60. The van der Waals surface area contributed by atoms with Crippen molar-refractivity contribution < 1.29 is 14.0 Å². The van der Waals surface area contributed by atoms with Crippen LogP contribution in [0.2, 0.25) is 5.02 Å². The van der Waals surface area contributed by atoms with E-state index in [4.69, 9.17) is 11.6 Å². The highest BCUT2D eigenvalue weighted by atomic mass is 35.5. The number of hydrogen-bond acceptors (Lipinski definition) is 3. The minimum Gasteiger partial charge on any atom is -0.374 e. The van der Waals surface area contributed by atoms with E-state index in [2.05, 4.69) is 16.0 Å². The Morgan fingerprint density at radius 1 is 1.04 bits per heavy atom. The summed E-state index contributed by atoms with van der Waals surface area (Å²) in [5.74, 6) is -1.38. The molecule has 0 aliphatic rings. The molecule has 0 aliphatic heterocycles. The molecule has 2 amide bonds. The zero-order chi connectivity index (χ0) is 19.3. The Morgan fingerprint density at radius 3 is 2.35 bits per heavy atom. The number of halogens is 2. The van der Waals surface area contributed by atoms with Crippen LogP contribution in [0.15, 0.2) is 30.3 Å². The lowest BCUT2D eigenvalue weighted by atomic mass is 10.1. The summed E-state index contributed by atoms with van der Waals surface area (Å²) in [5.41, 5.74) is 3.91. The first kappa shape index (κ1) is 19.7. The molecule has 2 aromatic carbocycles. The van der Waals surface area contributed by atoms with Crippen molar-refractivity contribution in [3.8, 4) is 0 Å². The largest absolute Gasteiger partial charge is 0.374 e. The summed E-state index contributed by atoms with van der Waals surface area (Å²) in [6.45, 7) is 5.47. The van der Waals surface area contributed by atoms with E-state index in [9.17, 15) is 14.0 Å². The van der Waals surface area contributed by atoms with E-state index in [0.29, 0.717) is 0 Å². The molecule has 7 heteroatoms. The van der Waals surface area contributed by atoms with Gasteiger partial charge in [0.2, 0.25) is 11.8 Å². The van der Waals surface area contributed by atoms with Gasteiger partial charge in [0.15, 0.2) is 5.82 Å². The smallest absolute Gasteiger partial charge is 0.243 e. The number of anilines is 2. The molecule has 2 rings (SSSR count). The summed E-state index contributed by atoms with van der Waals surface area (Å²) in [7, 11) is 0. The normalized spacial score (nSPS) is 10.3. The number of rotatable bonds is 6. The number of aryl methyl sites for hydroxylation is 3. The molecule has 0 aliphatic carbocycles. The summed E-state index contributed by atoms with van der Waals surface area (Å²) in [6.07, 6.45) is 0. The SMILES string of the molecule is Cc1cc(C)c(NC(=O)CNC(=O)CNc2cccc(Cl)c2F)c(C)c1. The van der Waals surface area contributed by atoms with Crippen LogP contribution in [0.5, 0.6) is 0 Å². The van der Waals surface area contributed by atoms with Gasteiger partial charge in [0.1, 0.15) is 0 Å². The fourth-order valence-corrected chi connectivity index (χ4v) is 2.79. The van der Waals surface area contributed by atoms with Crippen LogP contribution in [0, 0.1) is 26.6 Å².